The molecule has 0 unspecified atom stereocenters. The molecular formula is C15H20N4O2S. The topological polar surface area (TPSA) is 75.2 Å². The van der Waals surface area contributed by atoms with Crippen LogP contribution in [0.25, 0.3) is 0 Å². The van der Waals surface area contributed by atoms with E-state index in [1.165, 1.54) is 5.56 Å². The van der Waals surface area contributed by atoms with Crippen molar-refractivity contribution in [3.05, 3.63) is 48.4 Å². The lowest BCUT2D eigenvalue weighted by Gasteiger charge is -2.19. The van der Waals surface area contributed by atoms with Crippen LogP contribution in [0, 0.1) is 0 Å². The summed E-state index contributed by atoms with van der Waals surface area (Å²) in [4.78, 5) is 10.2. The molecule has 0 aliphatic carbocycles. The fourth-order valence-corrected chi connectivity index (χ4v) is 2.46. The number of anilines is 2. The third kappa shape index (κ3) is 4.70. The summed E-state index contributed by atoms with van der Waals surface area (Å²) in [6.45, 7) is 2.43. The molecule has 2 rings (SSSR count). The molecule has 0 bridgehead atoms. The van der Waals surface area contributed by atoms with Crippen LogP contribution in [0.2, 0.25) is 0 Å². The van der Waals surface area contributed by atoms with E-state index in [-0.39, 0.29) is 5.75 Å². The molecule has 0 radical (unpaired) electrons. The van der Waals surface area contributed by atoms with E-state index < -0.39 is 10.0 Å². The van der Waals surface area contributed by atoms with Gasteiger partial charge in [0.25, 0.3) is 0 Å². The Kier molecular flexibility index (Phi) is 5.32. The van der Waals surface area contributed by atoms with Crippen molar-refractivity contribution in [3.8, 4) is 0 Å². The molecule has 22 heavy (non-hydrogen) atoms. The van der Waals surface area contributed by atoms with Gasteiger partial charge in [-0.15, -0.1) is 0 Å². The van der Waals surface area contributed by atoms with Gasteiger partial charge in [-0.1, -0.05) is 0 Å². The van der Waals surface area contributed by atoms with E-state index in [0.29, 0.717) is 5.82 Å². The van der Waals surface area contributed by atoms with E-state index in [0.717, 1.165) is 18.7 Å². The van der Waals surface area contributed by atoms with Crippen LogP contribution < -0.4 is 9.62 Å². The van der Waals surface area contributed by atoms with Gasteiger partial charge in [0.15, 0.2) is 0 Å². The Morgan fingerprint density at radius 3 is 2.50 bits per heavy atom. The van der Waals surface area contributed by atoms with Crippen molar-refractivity contribution >= 4 is 21.5 Å². The van der Waals surface area contributed by atoms with Gasteiger partial charge in [-0.25, -0.2) is 13.4 Å². The van der Waals surface area contributed by atoms with Gasteiger partial charge in [0.2, 0.25) is 10.0 Å². The predicted octanol–water partition coefficient (Wildman–Crippen LogP) is 1.92. The third-order valence-electron chi connectivity index (χ3n) is 3.31. The number of hydrogen-bond donors (Lipinski definition) is 1. The van der Waals surface area contributed by atoms with Crippen molar-refractivity contribution in [1.82, 2.24) is 9.97 Å². The summed E-state index contributed by atoms with van der Waals surface area (Å²) in [5, 5.41) is 0. The first-order chi connectivity index (χ1) is 10.5. The molecule has 0 spiro atoms. The fraction of sp³-hybridized carbons (Fsp3) is 0.333. The fourth-order valence-electron chi connectivity index (χ4n) is 1.88. The lowest BCUT2D eigenvalue weighted by molar-refractivity contribution is 0.602. The molecule has 2 aromatic heterocycles. The Morgan fingerprint density at radius 2 is 1.91 bits per heavy atom. The van der Waals surface area contributed by atoms with Crippen LogP contribution in [0.3, 0.4) is 0 Å². The highest BCUT2D eigenvalue weighted by molar-refractivity contribution is 7.92. The quantitative estimate of drug-likeness (QED) is 0.843. The zero-order valence-electron chi connectivity index (χ0n) is 12.7. The summed E-state index contributed by atoms with van der Waals surface area (Å²) in [6, 6.07) is 7.52. The van der Waals surface area contributed by atoms with Crippen LogP contribution in [0.15, 0.2) is 42.9 Å². The first kappa shape index (κ1) is 16.2. The van der Waals surface area contributed by atoms with Gasteiger partial charge in [-0.2, -0.15) is 0 Å². The van der Waals surface area contributed by atoms with Gasteiger partial charge >= 0.3 is 0 Å². The van der Waals surface area contributed by atoms with Gasteiger partial charge in [0.1, 0.15) is 5.82 Å². The number of aromatic nitrogens is 2. The van der Waals surface area contributed by atoms with Crippen molar-refractivity contribution in [1.29, 1.82) is 0 Å². The highest BCUT2D eigenvalue weighted by atomic mass is 32.2. The molecule has 6 nitrogen and oxygen atoms in total. The monoisotopic (exact) mass is 320 g/mol. The van der Waals surface area contributed by atoms with Crippen LogP contribution in [0.4, 0.5) is 11.5 Å². The minimum Gasteiger partial charge on any atom is -0.373 e. The largest absolute Gasteiger partial charge is 0.373 e. The highest BCUT2D eigenvalue weighted by Crippen LogP contribution is 2.15. The Bertz CT molecular complexity index is 687. The van der Waals surface area contributed by atoms with Crippen molar-refractivity contribution in [2.75, 3.05) is 29.0 Å². The van der Waals surface area contributed by atoms with Gasteiger partial charge < -0.3 is 4.90 Å². The molecule has 1 N–H and O–H groups in total. The standard InChI is InChI=1S/C15H20N4O2S/c1-3-22(20,21)18-15-5-4-14(12-17-15)19(2)11-8-13-6-9-16-10-7-13/h4-7,9-10,12H,3,8,11H2,1-2H3,(H,17,18). The summed E-state index contributed by atoms with van der Waals surface area (Å²) < 4.78 is 25.4. The van der Waals surface area contributed by atoms with Crippen LogP contribution in [0.5, 0.6) is 0 Å². The maximum absolute atomic E-state index is 11.5. The third-order valence-corrected chi connectivity index (χ3v) is 4.59. The number of nitrogens with one attached hydrogen (secondary N) is 1. The molecule has 2 aromatic rings. The number of pyridine rings is 2. The average Bonchev–Trinajstić information content (AvgIpc) is 2.54. The lowest BCUT2D eigenvalue weighted by Crippen LogP contribution is -2.21. The molecule has 0 saturated carbocycles. The molecule has 0 saturated heterocycles. The molecule has 0 atom stereocenters. The van der Waals surface area contributed by atoms with E-state index in [2.05, 4.69) is 19.6 Å². The Labute approximate surface area is 131 Å². The van der Waals surface area contributed by atoms with E-state index in [1.54, 1.807) is 31.6 Å². The Hall–Kier alpha value is -2.15. The summed E-state index contributed by atoms with van der Waals surface area (Å²) in [5.74, 6) is 0.371. The Morgan fingerprint density at radius 1 is 1.18 bits per heavy atom. The maximum Gasteiger partial charge on any atom is 0.233 e. The van der Waals surface area contributed by atoms with Crippen LogP contribution in [-0.2, 0) is 16.4 Å². The van der Waals surface area contributed by atoms with Gasteiger partial charge in [-0.3, -0.25) is 9.71 Å². The minimum atomic E-state index is -3.28. The molecule has 0 amide bonds. The normalized spacial score (nSPS) is 11.2. The lowest BCUT2D eigenvalue weighted by atomic mass is 10.2. The van der Waals surface area contributed by atoms with E-state index in [4.69, 9.17) is 0 Å². The van der Waals surface area contributed by atoms with Crippen molar-refractivity contribution in [2.45, 2.75) is 13.3 Å². The average molecular weight is 320 g/mol. The number of rotatable bonds is 7. The molecule has 0 aliphatic rings. The second-order valence-corrected chi connectivity index (χ2v) is 6.95. The number of sulfonamides is 1. The summed E-state index contributed by atoms with van der Waals surface area (Å²) >= 11 is 0. The molecular weight excluding hydrogens is 300 g/mol. The van der Waals surface area contributed by atoms with Crippen LogP contribution in [0.1, 0.15) is 12.5 Å². The van der Waals surface area contributed by atoms with Gasteiger partial charge in [0.05, 0.1) is 17.6 Å². The van der Waals surface area contributed by atoms with Crippen molar-refractivity contribution < 1.29 is 8.42 Å². The van der Waals surface area contributed by atoms with Gasteiger partial charge in [-0.05, 0) is 43.2 Å². The predicted molar refractivity (Wildman–Crippen MR) is 88.5 cm³/mol. The first-order valence-corrected chi connectivity index (χ1v) is 8.72. The first-order valence-electron chi connectivity index (χ1n) is 7.07. The molecule has 7 heteroatoms. The minimum absolute atomic E-state index is 0.0300. The zero-order valence-corrected chi connectivity index (χ0v) is 13.5. The van der Waals surface area contributed by atoms with Crippen LogP contribution in [-0.4, -0.2) is 37.7 Å². The van der Waals surface area contributed by atoms with E-state index in [9.17, 15) is 8.42 Å². The SMILES string of the molecule is CCS(=O)(=O)Nc1ccc(N(C)CCc2ccncc2)cn1. The number of nitrogens with zero attached hydrogens (tertiary/aromatic N) is 3. The maximum atomic E-state index is 11.5. The smallest absolute Gasteiger partial charge is 0.233 e. The number of hydrogen-bond acceptors (Lipinski definition) is 5. The summed E-state index contributed by atoms with van der Waals surface area (Å²) in [5.41, 5.74) is 2.16. The van der Waals surface area contributed by atoms with Crippen LogP contribution >= 0.6 is 0 Å². The van der Waals surface area contributed by atoms with E-state index in [1.807, 2.05) is 25.2 Å². The zero-order chi connectivity index (χ0) is 16.0. The Balaban J connectivity index is 1.95. The molecule has 2 heterocycles. The van der Waals surface area contributed by atoms with Crippen molar-refractivity contribution in [3.63, 3.8) is 0 Å². The second kappa shape index (κ2) is 7.22. The summed E-state index contributed by atoms with van der Waals surface area (Å²) in [7, 11) is -1.30. The van der Waals surface area contributed by atoms with Gasteiger partial charge in [0, 0.05) is 26.0 Å². The molecule has 118 valence electrons. The van der Waals surface area contributed by atoms with Crippen molar-refractivity contribution in [2.24, 2.45) is 0 Å². The highest BCUT2D eigenvalue weighted by Gasteiger charge is 2.08. The second-order valence-electron chi connectivity index (χ2n) is 4.93. The molecule has 0 aliphatic heterocycles. The van der Waals surface area contributed by atoms with E-state index >= 15 is 0 Å². The number of likely N-dealkylation sites (N-methyl/N-ethyl adjacent to an activating group) is 1. The molecule has 0 aromatic carbocycles. The molecule has 0 fully saturated rings. The summed E-state index contributed by atoms with van der Waals surface area (Å²) in [6.07, 6.45) is 6.14.